The van der Waals surface area contributed by atoms with Gasteiger partial charge < -0.3 is 24.6 Å². The summed E-state index contributed by atoms with van der Waals surface area (Å²) < 4.78 is 18.8. The zero-order chi connectivity index (χ0) is 35.3. The van der Waals surface area contributed by atoms with E-state index in [1.165, 1.54) is 25.5 Å². The van der Waals surface area contributed by atoms with E-state index >= 15 is 0 Å². The maximum Gasteiger partial charge on any atom is 0.304 e. The number of rotatable bonds is 17. The SMILES string of the molecule is Cc1c(COc2cc(OCc3cncc(C#N)c3)c(CN3CCCCC3)cc2Cl)cccc1-c1cccc(OCCCNCCC(=O)O)c1C. The van der Waals surface area contributed by atoms with Crippen LogP contribution in [0.25, 0.3) is 11.1 Å². The largest absolute Gasteiger partial charge is 0.493 e. The van der Waals surface area contributed by atoms with Crippen LogP contribution in [0.2, 0.25) is 5.02 Å². The Labute approximate surface area is 299 Å². The molecule has 9 nitrogen and oxygen atoms in total. The molecule has 1 saturated heterocycles. The average molecular weight is 697 g/mol. The molecule has 5 rings (SSSR count). The van der Waals surface area contributed by atoms with Crippen LogP contribution >= 0.6 is 11.6 Å². The fraction of sp³-hybridized carbons (Fsp3) is 0.375. The van der Waals surface area contributed by atoms with E-state index in [9.17, 15) is 10.1 Å². The molecule has 0 bridgehead atoms. The first-order chi connectivity index (χ1) is 24.3. The van der Waals surface area contributed by atoms with Crippen LogP contribution in [0.3, 0.4) is 0 Å². The van der Waals surface area contributed by atoms with Gasteiger partial charge in [0, 0.05) is 42.7 Å². The van der Waals surface area contributed by atoms with E-state index in [-0.39, 0.29) is 13.0 Å². The Bertz CT molecular complexity index is 1800. The molecular weight excluding hydrogens is 652 g/mol. The molecule has 4 aromatic rings. The number of benzene rings is 3. The lowest BCUT2D eigenvalue weighted by molar-refractivity contribution is -0.136. The van der Waals surface area contributed by atoms with Crippen LogP contribution in [0.4, 0.5) is 0 Å². The van der Waals surface area contributed by atoms with Crippen molar-refractivity contribution in [2.45, 2.75) is 65.7 Å². The molecule has 2 heterocycles. The van der Waals surface area contributed by atoms with E-state index in [0.29, 0.717) is 48.4 Å². The fourth-order valence-corrected chi connectivity index (χ4v) is 6.38. The predicted octanol–water partition coefficient (Wildman–Crippen LogP) is 7.87. The highest BCUT2D eigenvalue weighted by Crippen LogP contribution is 2.37. The normalized spacial score (nSPS) is 13.1. The molecule has 262 valence electrons. The lowest BCUT2D eigenvalue weighted by atomic mass is 9.93. The minimum Gasteiger partial charge on any atom is -0.493 e. The van der Waals surface area contributed by atoms with Crippen LogP contribution in [0.5, 0.6) is 17.2 Å². The molecule has 1 aromatic heterocycles. The molecule has 10 heteroatoms. The van der Waals surface area contributed by atoms with Gasteiger partial charge in [0.15, 0.2) is 0 Å². The molecule has 50 heavy (non-hydrogen) atoms. The first kappa shape index (κ1) is 36.7. The molecule has 3 aromatic carbocycles. The van der Waals surface area contributed by atoms with E-state index in [0.717, 1.165) is 70.7 Å². The molecule has 1 fully saturated rings. The van der Waals surface area contributed by atoms with Gasteiger partial charge in [-0.05, 0) is 98.8 Å². The second-order valence-corrected chi connectivity index (χ2v) is 13.0. The van der Waals surface area contributed by atoms with Gasteiger partial charge in [-0.1, -0.05) is 48.4 Å². The molecule has 0 radical (unpaired) electrons. The summed E-state index contributed by atoms with van der Waals surface area (Å²) in [4.78, 5) is 17.3. The van der Waals surface area contributed by atoms with Crippen molar-refractivity contribution in [2.24, 2.45) is 0 Å². The number of ether oxygens (including phenoxy) is 3. The van der Waals surface area contributed by atoms with Crippen molar-refractivity contribution in [3.05, 3.63) is 105 Å². The number of halogens is 1. The second-order valence-electron chi connectivity index (χ2n) is 12.6. The summed E-state index contributed by atoms with van der Waals surface area (Å²) in [6.07, 6.45) is 7.75. The molecule has 0 atom stereocenters. The van der Waals surface area contributed by atoms with Crippen LogP contribution in [-0.4, -0.2) is 53.7 Å². The van der Waals surface area contributed by atoms with Crippen LogP contribution < -0.4 is 19.5 Å². The third kappa shape index (κ3) is 10.2. The van der Waals surface area contributed by atoms with Crippen LogP contribution in [0.15, 0.2) is 67.0 Å². The Morgan fingerprint density at radius 3 is 2.44 bits per heavy atom. The van der Waals surface area contributed by atoms with E-state index in [2.05, 4.69) is 53.3 Å². The summed E-state index contributed by atoms with van der Waals surface area (Å²) >= 11 is 6.85. The Morgan fingerprint density at radius 1 is 0.900 bits per heavy atom. The van der Waals surface area contributed by atoms with Gasteiger partial charge >= 0.3 is 5.97 Å². The monoisotopic (exact) mass is 696 g/mol. The predicted molar refractivity (Wildman–Crippen MR) is 195 cm³/mol. The minimum atomic E-state index is -0.804. The van der Waals surface area contributed by atoms with E-state index in [4.69, 9.17) is 30.9 Å². The lowest BCUT2D eigenvalue weighted by Gasteiger charge is -2.27. The maximum atomic E-state index is 10.7. The number of nitrogens with one attached hydrogen (secondary N) is 1. The Balaban J connectivity index is 1.29. The summed E-state index contributed by atoms with van der Waals surface area (Å²) in [5.74, 6) is 1.27. The van der Waals surface area contributed by atoms with Gasteiger partial charge in [0.1, 0.15) is 36.5 Å². The van der Waals surface area contributed by atoms with Crippen molar-refractivity contribution in [3.63, 3.8) is 0 Å². The number of likely N-dealkylation sites (tertiary alicyclic amines) is 1. The number of carboxylic acids is 1. The van der Waals surface area contributed by atoms with Crippen LogP contribution in [0.1, 0.15) is 65.5 Å². The zero-order valence-electron chi connectivity index (χ0n) is 28.8. The smallest absolute Gasteiger partial charge is 0.304 e. The standard InChI is InChI=1S/C40H45ClN4O5/c1-28-32(9-6-10-34(28)35-11-7-12-37(29(35)2)48-18-8-14-43-15-13-40(46)47)27-50-39-21-38(49-26-31-19-30(22-42)23-44-24-31)33(20-36(39)41)25-45-16-4-3-5-17-45/h6-7,9-12,19-21,23-24,43H,3-5,8,13-18,25-27H2,1-2H3,(H,46,47). The van der Waals surface area contributed by atoms with E-state index in [1.54, 1.807) is 12.3 Å². The zero-order valence-corrected chi connectivity index (χ0v) is 29.6. The van der Waals surface area contributed by atoms with Gasteiger partial charge in [-0.3, -0.25) is 14.7 Å². The minimum absolute atomic E-state index is 0.109. The van der Waals surface area contributed by atoms with Crippen molar-refractivity contribution in [2.75, 3.05) is 32.8 Å². The first-order valence-corrected chi connectivity index (χ1v) is 17.6. The van der Waals surface area contributed by atoms with Crippen molar-refractivity contribution in [1.29, 1.82) is 5.26 Å². The summed E-state index contributed by atoms with van der Waals surface area (Å²) in [6.45, 7) is 9.25. The first-order valence-electron chi connectivity index (χ1n) is 17.2. The molecule has 2 N–H and O–H groups in total. The van der Waals surface area contributed by atoms with Gasteiger partial charge in [-0.2, -0.15) is 5.26 Å². The molecular formula is C40H45ClN4O5. The Morgan fingerprint density at radius 2 is 1.66 bits per heavy atom. The summed E-state index contributed by atoms with van der Waals surface area (Å²) in [6, 6.07) is 20.1. The van der Waals surface area contributed by atoms with Gasteiger partial charge in [0.05, 0.1) is 23.6 Å². The van der Waals surface area contributed by atoms with Gasteiger partial charge in [0.25, 0.3) is 0 Å². The van der Waals surface area contributed by atoms with Gasteiger partial charge in [-0.15, -0.1) is 0 Å². The van der Waals surface area contributed by atoms with Gasteiger partial charge in [-0.25, -0.2) is 0 Å². The summed E-state index contributed by atoms with van der Waals surface area (Å²) in [5.41, 5.74) is 7.69. The quantitative estimate of drug-likeness (QED) is 0.106. The average Bonchev–Trinajstić information content (AvgIpc) is 3.12. The highest BCUT2D eigenvalue weighted by molar-refractivity contribution is 6.32. The molecule has 0 unspecified atom stereocenters. The molecule has 0 aliphatic carbocycles. The molecule has 1 aliphatic heterocycles. The number of nitriles is 1. The number of piperidine rings is 1. The number of hydrogen-bond donors (Lipinski definition) is 2. The second kappa shape index (κ2) is 18.4. The molecule has 1 aliphatic rings. The highest BCUT2D eigenvalue weighted by atomic mass is 35.5. The lowest BCUT2D eigenvalue weighted by Crippen LogP contribution is -2.29. The van der Waals surface area contributed by atoms with Crippen molar-refractivity contribution < 1.29 is 24.1 Å². The third-order valence-electron chi connectivity index (χ3n) is 8.95. The van der Waals surface area contributed by atoms with E-state index < -0.39 is 5.97 Å². The maximum absolute atomic E-state index is 10.7. The van der Waals surface area contributed by atoms with Crippen LogP contribution in [0, 0.1) is 25.2 Å². The molecule has 0 amide bonds. The van der Waals surface area contributed by atoms with Gasteiger partial charge in [0.2, 0.25) is 0 Å². The van der Waals surface area contributed by atoms with Crippen molar-refractivity contribution in [3.8, 4) is 34.4 Å². The number of pyridine rings is 1. The highest BCUT2D eigenvalue weighted by Gasteiger charge is 2.18. The number of hydrogen-bond acceptors (Lipinski definition) is 8. The summed E-state index contributed by atoms with van der Waals surface area (Å²) in [7, 11) is 0. The van der Waals surface area contributed by atoms with Crippen molar-refractivity contribution >= 4 is 17.6 Å². The Kier molecular flexibility index (Phi) is 13.5. The van der Waals surface area contributed by atoms with Crippen LogP contribution in [-0.2, 0) is 24.6 Å². The third-order valence-corrected chi connectivity index (χ3v) is 9.25. The fourth-order valence-electron chi connectivity index (χ4n) is 6.14. The Hall–Kier alpha value is -4.62. The number of aromatic nitrogens is 1. The number of aliphatic carboxylic acids is 1. The number of nitrogens with zero attached hydrogens (tertiary/aromatic N) is 3. The van der Waals surface area contributed by atoms with E-state index in [1.807, 2.05) is 30.3 Å². The van der Waals surface area contributed by atoms with Crippen molar-refractivity contribution in [1.82, 2.24) is 15.2 Å². The summed E-state index contributed by atoms with van der Waals surface area (Å²) in [5, 5.41) is 21.8. The molecule has 0 spiro atoms. The topological polar surface area (TPSA) is 117 Å². The number of carbonyl (C=O) groups is 1. The number of carboxylic acid groups (broad SMARTS) is 1. The molecule has 0 saturated carbocycles.